The molecule has 0 aromatic rings. The number of carbonyl (C=O) groups is 3. The Morgan fingerprint density at radius 2 is 1.36 bits per heavy atom. The Balaban J connectivity index is 4.84. The second-order valence-electron chi connectivity index (χ2n) is 6.24. The standard InChI is InChI=1S/C16H31N3O3/c1-7-8-9-12(20)18-14(11(4)5)16(22)19-13(10(2)3)15(21)17-6/h10-11,13-14H,7-9H2,1-6H3,(H,17,21)(H,18,20)(H,19,22)/t13-,14-/m0/s1. The number of hydrogen-bond acceptors (Lipinski definition) is 3. The second kappa shape index (κ2) is 10.2. The van der Waals surface area contributed by atoms with Crippen molar-refractivity contribution >= 4 is 17.7 Å². The van der Waals surface area contributed by atoms with Crippen LogP contribution >= 0.6 is 0 Å². The van der Waals surface area contributed by atoms with Gasteiger partial charge in [-0.1, -0.05) is 41.0 Å². The van der Waals surface area contributed by atoms with Crippen molar-refractivity contribution < 1.29 is 14.4 Å². The van der Waals surface area contributed by atoms with E-state index in [2.05, 4.69) is 16.0 Å². The van der Waals surface area contributed by atoms with Crippen molar-refractivity contribution in [1.29, 1.82) is 0 Å². The summed E-state index contributed by atoms with van der Waals surface area (Å²) >= 11 is 0. The van der Waals surface area contributed by atoms with Crippen LogP contribution < -0.4 is 16.0 Å². The van der Waals surface area contributed by atoms with Gasteiger partial charge < -0.3 is 16.0 Å². The fourth-order valence-corrected chi connectivity index (χ4v) is 2.05. The SMILES string of the molecule is CCCCC(=O)N[C@H](C(=O)N[C@H](C(=O)NC)C(C)C)C(C)C. The Hall–Kier alpha value is -1.59. The molecule has 0 aromatic heterocycles. The Kier molecular flexibility index (Phi) is 9.45. The second-order valence-corrected chi connectivity index (χ2v) is 6.24. The average molecular weight is 313 g/mol. The molecule has 6 heteroatoms. The third kappa shape index (κ3) is 6.91. The van der Waals surface area contributed by atoms with E-state index in [0.29, 0.717) is 6.42 Å². The zero-order chi connectivity index (χ0) is 17.3. The number of hydrogen-bond donors (Lipinski definition) is 3. The first-order valence-electron chi connectivity index (χ1n) is 8.05. The monoisotopic (exact) mass is 313 g/mol. The third-order valence-electron chi connectivity index (χ3n) is 3.52. The van der Waals surface area contributed by atoms with E-state index in [1.165, 1.54) is 7.05 Å². The maximum Gasteiger partial charge on any atom is 0.243 e. The summed E-state index contributed by atoms with van der Waals surface area (Å²) in [6.07, 6.45) is 2.14. The Morgan fingerprint density at radius 3 is 1.77 bits per heavy atom. The summed E-state index contributed by atoms with van der Waals surface area (Å²) in [5.41, 5.74) is 0. The predicted octanol–water partition coefficient (Wildman–Crippen LogP) is 1.20. The van der Waals surface area contributed by atoms with E-state index in [-0.39, 0.29) is 29.6 Å². The lowest BCUT2D eigenvalue weighted by molar-refractivity contribution is -0.133. The largest absolute Gasteiger partial charge is 0.357 e. The molecular formula is C16H31N3O3. The van der Waals surface area contributed by atoms with Gasteiger partial charge in [0, 0.05) is 13.5 Å². The maximum absolute atomic E-state index is 12.4. The van der Waals surface area contributed by atoms with Gasteiger partial charge in [-0.25, -0.2) is 0 Å². The molecule has 0 saturated carbocycles. The quantitative estimate of drug-likeness (QED) is 0.598. The predicted molar refractivity (Wildman–Crippen MR) is 87.1 cm³/mol. The molecule has 0 aliphatic heterocycles. The van der Waals surface area contributed by atoms with Crippen molar-refractivity contribution in [3.63, 3.8) is 0 Å². The van der Waals surface area contributed by atoms with Crippen LogP contribution in [0.15, 0.2) is 0 Å². The summed E-state index contributed by atoms with van der Waals surface area (Å²) < 4.78 is 0. The number of likely N-dealkylation sites (N-methyl/N-ethyl adjacent to an activating group) is 1. The molecule has 0 spiro atoms. The summed E-state index contributed by atoms with van der Waals surface area (Å²) in [7, 11) is 1.54. The van der Waals surface area contributed by atoms with E-state index >= 15 is 0 Å². The topological polar surface area (TPSA) is 87.3 Å². The molecule has 128 valence electrons. The van der Waals surface area contributed by atoms with Gasteiger partial charge in [0.25, 0.3) is 0 Å². The van der Waals surface area contributed by atoms with Crippen LogP contribution in [0.5, 0.6) is 0 Å². The molecule has 0 aromatic carbocycles. The normalized spacial score (nSPS) is 13.6. The van der Waals surface area contributed by atoms with Gasteiger partial charge >= 0.3 is 0 Å². The highest BCUT2D eigenvalue weighted by molar-refractivity contribution is 5.92. The molecule has 0 fully saturated rings. The molecule has 0 rings (SSSR count). The first-order chi connectivity index (χ1) is 10.2. The highest BCUT2D eigenvalue weighted by atomic mass is 16.2. The van der Waals surface area contributed by atoms with Crippen molar-refractivity contribution in [2.75, 3.05) is 7.05 Å². The van der Waals surface area contributed by atoms with E-state index in [1.807, 2.05) is 34.6 Å². The zero-order valence-electron chi connectivity index (χ0n) is 14.7. The van der Waals surface area contributed by atoms with E-state index in [0.717, 1.165) is 12.8 Å². The summed E-state index contributed by atoms with van der Waals surface area (Å²) in [5, 5.41) is 8.06. The number of nitrogens with one attached hydrogen (secondary N) is 3. The summed E-state index contributed by atoms with van der Waals surface area (Å²) in [6.45, 7) is 9.48. The molecule has 6 nitrogen and oxygen atoms in total. The lowest BCUT2D eigenvalue weighted by atomic mass is 9.99. The molecule has 0 unspecified atom stereocenters. The molecule has 0 radical (unpaired) electrons. The molecule has 0 saturated heterocycles. The van der Waals surface area contributed by atoms with Crippen LogP contribution in [0, 0.1) is 11.8 Å². The van der Waals surface area contributed by atoms with E-state index in [4.69, 9.17) is 0 Å². The van der Waals surface area contributed by atoms with E-state index < -0.39 is 12.1 Å². The third-order valence-corrected chi connectivity index (χ3v) is 3.52. The number of rotatable bonds is 9. The van der Waals surface area contributed by atoms with Crippen LogP contribution in [0.1, 0.15) is 53.9 Å². The molecule has 0 aliphatic carbocycles. The summed E-state index contributed by atoms with van der Waals surface area (Å²) in [5.74, 6) is -0.766. The lowest BCUT2D eigenvalue weighted by Gasteiger charge is -2.26. The fraction of sp³-hybridized carbons (Fsp3) is 0.812. The summed E-state index contributed by atoms with van der Waals surface area (Å²) in [6, 6.07) is -1.23. The molecule has 22 heavy (non-hydrogen) atoms. The van der Waals surface area contributed by atoms with Gasteiger partial charge in [-0.05, 0) is 18.3 Å². The molecular weight excluding hydrogens is 282 g/mol. The van der Waals surface area contributed by atoms with Crippen LogP contribution in [0.3, 0.4) is 0 Å². The van der Waals surface area contributed by atoms with Crippen LogP contribution in [-0.2, 0) is 14.4 Å². The smallest absolute Gasteiger partial charge is 0.243 e. The number of amides is 3. The Morgan fingerprint density at radius 1 is 0.864 bits per heavy atom. The van der Waals surface area contributed by atoms with Crippen LogP contribution in [-0.4, -0.2) is 36.9 Å². The van der Waals surface area contributed by atoms with Gasteiger partial charge in [-0.3, -0.25) is 14.4 Å². The number of unbranched alkanes of at least 4 members (excludes halogenated alkanes) is 1. The highest BCUT2D eigenvalue weighted by Crippen LogP contribution is 2.07. The van der Waals surface area contributed by atoms with Gasteiger partial charge in [0.1, 0.15) is 12.1 Å². The summed E-state index contributed by atoms with van der Waals surface area (Å²) in [4.78, 5) is 36.1. The maximum atomic E-state index is 12.4. The molecule has 3 N–H and O–H groups in total. The van der Waals surface area contributed by atoms with Crippen molar-refractivity contribution in [2.24, 2.45) is 11.8 Å². The molecule has 3 amide bonds. The van der Waals surface area contributed by atoms with Crippen molar-refractivity contribution in [1.82, 2.24) is 16.0 Å². The van der Waals surface area contributed by atoms with Crippen LogP contribution in [0.25, 0.3) is 0 Å². The minimum atomic E-state index is -0.629. The first kappa shape index (κ1) is 20.4. The first-order valence-corrected chi connectivity index (χ1v) is 8.05. The van der Waals surface area contributed by atoms with Crippen molar-refractivity contribution in [3.05, 3.63) is 0 Å². The van der Waals surface area contributed by atoms with E-state index in [1.54, 1.807) is 0 Å². The van der Waals surface area contributed by atoms with Crippen molar-refractivity contribution in [3.8, 4) is 0 Å². The van der Waals surface area contributed by atoms with Crippen LogP contribution in [0.4, 0.5) is 0 Å². The van der Waals surface area contributed by atoms with Gasteiger partial charge in [-0.2, -0.15) is 0 Å². The minimum absolute atomic E-state index is 0.0347. The minimum Gasteiger partial charge on any atom is -0.357 e. The zero-order valence-corrected chi connectivity index (χ0v) is 14.7. The average Bonchev–Trinajstić information content (AvgIpc) is 2.46. The fourth-order valence-electron chi connectivity index (χ4n) is 2.05. The Labute approximate surface area is 133 Å². The van der Waals surface area contributed by atoms with Crippen molar-refractivity contribution in [2.45, 2.75) is 66.0 Å². The van der Waals surface area contributed by atoms with Gasteiger partial charge in [0.15, 0.2) is 0 Å². The van der Waals surface area contributed by atoms with Gasteiger partial charge in [-0.15, -0.1) is 0 Å². The Bertz CT molecular complexity index is 381. The highest BCUT2D eigenvalue weighted by Gasteiger charge is 2.29. The molecule has 2 atom stereocenters. The number of carbonyl (C=O) groups excluding carboxylic acids is 3. The molecule has 0 aliphatic rings. The molecule has 0 bridgehead atoms. The van der Waals surface area contributed by atoms with Gasteiger partial charge in [0.2, 0.25) is 17.7 Å². The van der Waals surface area contributed by atoms with Crippen LogP contribution in [0.2, 0.25) is 0 Å². The lowest BCUT2D eigenvalue weighted by Crippen LogP contribution is -2.56. The molecule has 0 heterocycles. The van der Waals surface area contributed by atoms with E-state index in [9.17, 15) is 14.4 Å². The van der Waals surface area contributed by atoms with Gasteiger partial charge in [0.05, 0.1) is 0 Å².